The number of rotatable bonds is 5. The summed E-state index contributed by atoms with van der Waals surface area (Å²) < 4.78 is 2.88. The van der Waals surface area contributed by atoms with Crippen molar-refractivity contribution in [1.29, 1.82) is 0 Å². The summed E-state index contributed by atoms with van der Waals surface area (Å²) in [7, 11) is 0. The van der Waals surface area contributed by atoms with Gasteiger partial charge in [0.1, 0.15) is 0 Å². The lowest BCUT2D eigenvalue weighted by atomic mass is 10.1. The second kappa shape index (κ2) is 7.28. The Morgan fingerprint density at radius 3 is 2.81 bits per heavy atom. The van der Waals surface area contributed by atoms with Gasteiger partial charge in [-0.2, -0.15) is 5.10 Å². The Kier molecular flexibility index (Phi) is 4.68. The van der Waals surface area contributed by atoms with Crippen LogP contribution in [0.4, 0.5) is 0 Å². The van der Waals surface area contributed by atoms with Crippen LogP contribution >= 0.6 is 11.3 Å². The van der Waals surface area contributed by atoms with Gasteiger partial charge in [0.05, 0.1) is 15.9 Å². The van der Waals surface area contributed by atoms with Crippen LogP contribution in [0.3, 0.4) is 0 Å². The van der Waals surface area contributed by atoms with Crippen LogP contribution in [-0.2, 0) is 6.54 Å². The maximum Gasteiger partial charge on any atom is 0.272 e. The highest BCUT2D eigenvalue weighted by Crippen LogP contribution is 2.27. The number of hydrogen-bond donors (Lipinski definition) is 1. The molecule has 0 radical (unpaired) electrons. The van der Waals surface area contributed by atoms with E-state index in [1.807, 2.05) is 42.5 Å². The molecule has 1 aromatic carbocycles. The number of amides is 1. The van der Waals surface area contributed by atoms with Crippen LogP contribution in [0.25, 0.3) is 15.3 Å². The zero-order valence-electron chi connectivity index (χ0n) is 15.1. The van der Waals surface area contributed by atoms with Crippen molar-refractivity contribution in [3.63, 3.8) is 0 Å². The molecule has 0 aliphatic heterocycles. The highest BCUT2D eigenvalue weighted by molar-refractivity contribution is 7.20. The van der Waals surface area contributed by atoms with Gasteiger partial charge in [0.15, 0.2) is 5.69 Å². The molecular formula is C20H19N5OS. The number of thiazole rings is 1. The van der Waals surface area contributed by atoms with Crippen LogP contribution in [0.5, 0.6) is 0 Å². The number of nitrogens with zero attached hydrogens (tertiary/aromatic N) is 4. The van der Waals surface area contributed by atoms with E-state index in [9.17, 15) is 4.79 Å². The van der Waals surface area contributed by atoms with Gasteiger partial charge in [-0.25, -0.2) is 9.67 Å². The molecule has 1 amide bonds. The molecule has 0 bridgehead atoms. The summed E-state index contributed by atoms with van der Waals surface area (Å²) in [6.07, 6.45) is 3.44. The largest absolute Gasteiger partial charge is 0.347 e. The Morgan fingerprint density at radius 1 is 1.22 bits per heavy atom. The van der Waals surface area contributed by atoms with Crippen LogP contribution in [0.1, 0.15) is 41.5 Å². The minimum absolute atomic E-state index is 0.208. The lowest BCUT2D eigenvalue weighted by Crippen LogP contribution is -2.23. The molecule has 0 saturated carbocycles. The van der Waals surface area contributed by atoms with Gasteiger partial charge in [-0.15, -0.1) is 0 Å². The third kappa shape index (κ3) is 3.59. The third-order valence-corrected chi connectivity index (χ3v) is 5.21. The molecular weight excluding hydrogens is 358 g/mol. The molecule has 0 aliphatic rings. The number of pyridine rings is 1. The second-order valence-corrected chi connectivity index (χ2v) is 7.54. The number of carbonyl (C=O) groups is 1. The molecule has 0 aliphatic carbocycles. The Hall–Kier alpha value is -3.06. The summed E-state index contributed by atoms with van der Waals surface area (Å²) in [5.74, 6) is 0.00463. The first-order chi connectivity index (χ1) is 13.1. The summed E-state index contributed by atoms with van der Waals surface area (Å²) in [6, 6.07) is 13.6. The predicted molar refractivity (Wildman–Crippen MR) is 106 cm³/mol. The highest BCUT2D eigenvalue weighted by Gasteiger charge is 2.19. The monoisotopic (exact) mass is 377 g/mol. The number of benzene rings is 1. The number of hydrogen-bond acceptors (Lipinski definition) is 5. The molecule has 7 heteroatoms. The van der Waals surface area contributed by atoms with Crippen LogP contribution in [0, 0.1) is 0 Å². The summed E-state index contributed by atoms with van der Waals surface area (Å²) >= 11 is 1.57. The Morgan fingerprint density at radius 2 is 2.07 bits per heavy atom. The first kappa shape index (κ1) is 17.4. The van der Waals surface area contributed by atoms with Crippen LogP contribution in [0.15, 0.2) is 54.9 Å². The maximum atomic E-state index is 12.6. The molecule has 3 aromatic heterocycles. The van der Waals surface area contributed by atoms with Gasteiger partial charge in [0, 0.05) is 18.9 Å². The van der Waals surface area contributed by atoms with Crippen molar-refractivity contribution in [2.24, 2.45) is 0 Å². The number of para-hydroxylation sites is 1. The van der Waals surface area contributed by atoms with E-state index in [2.05, 4.69) is 34.2 Å². The average molecular weight is 377 g/mol. The SMILES string of the molecule is CC(C)c1cc(C(=O)NCc2cccnc2)nn1-c1nc2ccccc2s1. The third-order valence-electron chi connectivity index (χ3n) is 4.20. The fraction of sp³-hybridized carbons (Fsp3) is 0.200. The Balaban J connectivity index is 1.63. The van der Waals surface area contributed by atoms with Gasteiger partial charge < -0.3 is 5.32 Å². The molecule has 0 atom stereocenters. The van der Waals surface area contributed by atoms with Crippen molar-refractivity contribution in [3.05, 3.63) is 71.8 Å². The number of nitrogens with one attached hydrogen (secondary N) is 1. The minimum Gasteiger partial charge on any atom is -0.347 e. The molecule has 27 heavy (non-hydrogen) atoms. The summed E-state index contributed by atoms with van der Waals surface area (Å²) in [4.78, 5) is 21.3. The number of fused-ring (bicyclic) bond motifs is 1. The quantitative estimate of drug-likeness (QED) is 0.572. The van der Waals surface area contributed by atoms with Crippen LogP contribution in [0.2, 0.25) is 0 Å². The molecule has 4 aromatic rings. The van der Waals surface area contributed by atoms with Gasteiger partial charge in [-0.05, 0) is 35.7 Å². The van der Waals surface area contributed by atoms with Crippen molar-refractivity contribution < 1.29 is 4.79 Å². The first-order valence-electron chi connectivity index (χ1n) is 8.75. The Labute approximate surface area is 160 Å². The van der Waals surface area contributed by atoms with Gasteiger partial charge in [-0.1, -0.05) is 43.4 Å². The number of aromatic nitrogens is 4. The van der Waals surface area contributed by atoms with Crippen molar-refractivity contribution in [1.82, 2.24) is 25.1 Å². The normalized spacial score (nSPS) is 11.2. The molecule has 0 fully saturated rings. The van der Waals surface area contributed by atoms with Crippen molar-refractivity contribution >= 4 is 27.5 Å². The van der Waals surface area contributed by atoms with Crippen LogP contribution < -0.4 is 5.32 Å². The van der Waals surface area contributed by atoms with E-state index in [-0.39, 0.29) is 11.8 Å². The zero-order chi connectivity index (χ0) is 18.8. The molecule has 0 unspecified atom stereocenters. The summed E-state index contributed by atoms with van der Waals surface area (Å²) in [5.41, 5.74) is 3.23. The van der Waals surface area contributed by atoms with E-state index < -0.39 is 0 Å². The molecule has 136 valence electrons. The van der Waals surface area contributed by atoms with Gasteiger partial charge in [0.25, 0.3) is 5.91 Å². The first-order valence-corrected chi connectivity index (χ1v) is 9.56. The van der Waals surface area contributed by atoms with Gasteiger partial charge in [-0.3, -0.25) is 9.78 Å². The molecule has 0 spiro atoms. The molecule has 4 rings (SSSR count). The fourth-order valence-electron chi connectivity index (χ4n) is 2.80. The predicted octanol–water partition coefficient (Wildman–Crippen LogP) is 3.93. The van der Waals surface area contributed by atoms with E-state index in [0.29, 0.717) is 12.2 Å². The summed E-state index contributed by atoms with van der Waals surface area (Å²) in [6.45, 7) is 4.58. The topological polar surface area (TPSA) is 72.7 Å². The van der Waals surface area contributed by atoms with E-state index in [1.165, 1.54) is 0 Å². The van der Waals surface area contributed by atoms with Crippen molar-refractivity contribution in [3.8, 4) is 5.13 Å². The smallest absolute Gasteiger partial charge is 0.272 e. The van der Waals surface area contributed by atoms with E-state index in [4.69, 9.17) is 0 Å². The molecule has 1 N–H and O–H groups in total. The number of carbonyl (C=O) groups excluding carboxylic acids is 1. The fourth-order valence-corrected chi connectivity index (χ4v) is 3.74. The molecule has 0 saturated heterocycles. The lowest BCUT2D eigenvalue weighted by molar-refractivity contribution is 0.0945. The molecule has 6 nitrogen and oxygen atoms in total. The van der Waals surface area contributed by atoms with Crippen LogP contribution in [-0.4, -0.2) is 25.7 Å². The maximum absolute atomic E-state index is 12.6. The van der Waals surface area contributed by atoms with Crippen molar-refractivity contribution in [2.45, 2.75) is 26.3 Å². The summed E-state index contributed by atoms with van der Waals surface area (Å²) in [5, 5.41) is 8.22. The zero-order valence-corrected chi connectivity index (χ0v) is 15.9. The second-order valence-electron chi connectivity index (χ2n) is 6.53. The van der Waals surface area contributed by atoms with E-state index in [0.717, 1.165) is 26.6 Å². The highest BCUT2D eigenvalue weighted by atomic mass is 32.1. The minimum atomic E-state index is -0.208. The average Bonchev–Trinajstić information content (AvgIpc) is 3.31. The van der Waals surface area contributed by atoms with E-state index in [1.54, 1.807) is 28.4 Å². The Bertz CT molecular complexity index is 1050. The standard InChI is InChI=1S/C20H19N5OS/c1-13(2)17-10-16(19(26)22-12-14-6-5-9-21-11-14)24-25(17)20-23-15-7-3-4-8-18(15)27-20/h3-11,13H,12H2,1-2H3,(H,22,26). The van der Waals surface area contributed by atoms with Gasteiger partial charge in [0.2, 0.25) is 5.13 Å². The van der Waals surface area contributed by atoms with Gasteiger partial charge >= 0.3 is 0 Å². The van der Waals surface area contributed by atoms with E-state index >= 15 is 0 Å². The molecule has 3 heterocycles. The van der Waals surface area contributed by atoms with Crippen molar-refractivity contribution in [2.75, 3.05) is 0 Å². The lowest BCUT2D eigenvalue weighted by Gasteiger charge is -2.05.